The summed E-state index contributed by atoms with van der Waals surface area (Å²) in [6.45, 7) is 8.29. The Labute approximate surface area is 126 Å². The molecular formula is C14H18N2O2S2. The van der Waals surface area contributed by atoms with Crippen molar-refractivity contribution in [2.24, 2.45) is 0 Å². The van der Waals surface area contributed by atoms with Crippen molar-refractivity contribution < 1.29 is 5.11 Å². The average molecular weight is 310 g/mol. The normalized spacial score (nSPS) is 11.2. The molecule has 0 aromatic carbocycles. The number of rotatable bonds is 6. The molecule has 20 heavy (non-hydrogen) atoms. The number of allylic oxidation sites excluding steroid dienone is 1. The Hall–Kier alpha value is -1.11. The molecule has 108 valence electrons. The fraction of sp³-hybridized carbons (Fsp3) is 0.429. The highest BCUT2D eigenvalue weighted by molar-refractivity contribution is 7.99. The Bertz CT molecular complexity index is 689. The van der Waals surface area contributed by atoms with Crippen molar-refractivity contribution in [2.75, 3.05) is 12.4 Å². The number of thiophene rings is 1. The van der Waals surface area contributed by atoms with Gasteiger partial charge in [-0.15, -0.1) is 17.9 Å². The van der Waals surface area contributed by atoms with Gasteiger partial charge in [-0.05, 0) is 25.8 Å². The first-order chi connectivity index (χ1) is 9.60. The van der Waals surface area contributed by atoms with Gasteiger partial charge in [-0.2, -0.15) is 0 Å². The van der Waals surface area contributed by atoms with Gasteiger partial charge in [0.1, 0.15) is 4.83 Å². The van der Waals surface area contributed by atoms with Crippen molar-refractivity contribution in [3.05, 3.63) is 33.4 Å². The second-order valence-electron chi connectivity index (χ2n) is 4.49. The van der Waals surface area contributed by atoms with Crippen molar-refractivity contribution >= 4 is 33.3 Å². The Morgan fingerprint density at radius 3 is 2.90 bits per heavy atom. The SMILES string of the molecule is C=CCn1c(SCCCO)nc2sc(C)c(C)c2c1=O. The molecule has 2 aromatic heterocycles. The molecular weight excluding hydrogens is 292 g/mol. The van der Waals surface area contributed by atoms with Gasteiger partial charge in [-0.3, -0.25) is 9.36 Å². The molecule has 1 N–H and O–H groups in total. The van der Waals surface area contributed by atoms with E-state index in [-0.39, 0.29) is 12.2 Å². The van der Waals surface area contributed by atoms with E-state index in [1.807, 2.05) is 13.8 Å². The standard InChI is InChI=1S/C14H18N2O2S2/c1-4-6-16-13(18)11-9(2)10(3)20-12(11)15-14(16)19-8-5-7-17/h4,17H,1,5-8H2,2-3H3. The number of aromatic nitrogens is 2. The number of aliphatic hydroxyl groups is 1. The van der Waals surface area contributed by atoms with Crippen LogP contribution in [0.4, 0.5) is 0 Å². The molecule has 0 radical (unpaired) electrons. The van der Waals surface area contributed by atoms with Crippen LogP contribution >= 0.6 is 23.1 Å². The van der Waals surface area contributed by atoms with E-state index in [4.69, 9.17) is 5.11 Å². The Morgan fingerprint density at radius 2 is 2.25 bits per heavy atom. The maximum Gasteiger partial charge on any atom is 0.263 e. The largest absolute Gasteiger partial charge is 0.396 e. The fourth-order valence-corrected chi connectivity index (χ4v) is 3.94. The second kappa shape index (κ2) is 6.56. The van der Waals surface area contributed by atoms with E-state index >= 15 is 0 Å². The van der Waals surface area contributed by atoms with Crippen LogP contribution in [0.15, 0.2) is 22.6 Å². The van der Waals surface area contributed by atoms with E-state index in [9.17, 15) is 4.79 Å². The first-order valence-corrected chi connectivity index (χ1v) is 8.25. The van der Waals surface area contributed by atoms with Gasteiger partial charge in [-0.1, -0.05) is 17.8 Å². The molecule has 0 fully saturated rings. The molecule has 0 amide bonds. The highest BCUT2D eigenvalue weighted by atomic mass is 32.2. The molecule has 2 heterocycles. The van der Waals surface area contributed by atoms with Crippen molar-refractivity contribution in [2.45, 2.75) is 32.0 Å². The number of aliphatic hydroxyl groups excluding tert-OH is 1. The summed E-state index contributed by atoms with van der Waals surface area (Å²) in [6, 6.07) is 0. The zero-order valence-electron chi connectivity index (χ0n) is 11.7. The number of thioether (sulfide) groups is 1. The molecule has 0 bridgehead atoms. The third-order valence-corrected chi connectivity index (χ3v) is 5.26. The predicted molar refractivity (Wildman–Crippen MR) is 86.0 cm³/mol. The molecule has 0 aliphatic rings. The van der Waals surface area contributed by atoms with Crippen LogP contribution in [-0.4, -0.2) is 27.0 Å². The van der Waals surface area contributed by atoms with E-state index in [1.165, 1.54) is 11.8 Å². The minimum atomic E-state index is 0.00301. The van der Waals surface area contributed by atoms with E-state index in [2.05, 4.69) is 11.6 Å². The summed E-state index contributed by atoms with van der Waals surface area (Å²) in [6.07, 6.45) is 2.40. The summed E-state index contributed by atoms with van der Waals surface area (Å²) in [5.74, 6) is 0.745. The summed E-state index contributed by atoms with van der Waals surface area (Å²) in [5, 5.41) is 10.3. The van der Waals surface area contributed by atoms with E-state index in [1.54, 1.807) is 22.0 Å². The van der Waals surface area contributed by atoms with E-state index in [0.29, 0.717) is 18.1 Å². The maximum atomic E-state index is 12.6. The quantitative estimate of drug-likeness (QED) is 0.386. The molecule has 4 nitrogen and oxygen atoms in total. The van der Waals surface area contributed by atoms with Crippen LogP contribution in [0.3, 0.4) is 0 Å². The van der Waals surface area contributed by atoms with E-state index < -0.39 is 0 Å². The van der Waals surface area contributed by atoms with Crippen LogP contribution in [0.1, 0.15) is 16.9 Å². The lowest BCUT2D eigenvalue weighted by molar-refractivity contribution is 0.296. The maximum absolute atomic E-state index is 12.6. The number of aryl methyl sites for hydroxylation is 2. The van der Waals surface area contributed by atoms with Crippen molar-refractivity contribution in [3.63, 3.8) is 0 Å². The van der Waals surface area contributed by atoms with Gasteiger partial charge in [0, 0.05) is 23.8 Å². The highest BCUT2D eigenvalue weighted by Gasteiger charge is 2.15. The molecule has 0 atom stereocenters. The topological polar surface area (TPSA) is 55.1 Å². The Balaban J connectivity index is 2.57. The number of hydrogen-bond acceptors (Lipinski definition) is 5. The zero-order chi connectivity index (χ0) is 14.7. The lowest BCUT2D eigenvalue weighted by Gasteiger charge is -2.09. The number of hydrogen-bond donors (Lipinski definition) is 1. The van der Waals surface area contributed by atoms with Crippen LogP contribution in [-0.2, 0) is 6.54 Å². The minimum Gasteiger partial charge on any atom is -0.396 e. The number of nitrogens with zero attached hydrogens (tertiary/aromatic N) is 2. The third-order valence-electron chi connectivity index (χ3n) is 3.10. The van der Waals surface area contributed by atoms with Crippen molar-refractivity contribution in [1.29, 1.82) is 0 Å². The van der Waals surface area contributed by atoms with Crippen LogP contribution in [0.2, 0.25) is 0 Å². The van der Waals surface area contributed by atoms with Crippen LogP contribution in [0.5, 0.6) is 0 Å². The predicted octanol–water partition coefficient (Wildman–Crippen LogP) is 2.74. The van der Waals surface area contributed by atoms with Crippen LogP contribution < -0.4 is 5.56 Å². The molecule has 6 heteroatoms. The lowest BCUT2D eigenvalue weighted by atomic mass is 10.2. The van der Waals surface area contributed by atoms with Crippen LogP contribution in [0.25, 0.3) is 10.2 Å². The molecule has 0 spiro atoms. The first-order valence-electron chi connectivity index (χ1n) is 6.45. The molecule has 0 saturated heterocycles. The van der Waals surface area contributed by atoms with Gasteiger partial charge in [0.15, 0.2) is 5.16 Å². The number of fused-ring (bicyclic) bond motifs is 1. The molecule has 0 aliphatic heterocycles. The van der Waals surface area contributed by atoms with Gasteiger partial charge < -0.3 is 5.11 Å². The van der Waals surface area contributed by atoms with Gasteiger partial charge in [0.25, 0.3) is 5.56 Å². The molecule has 0 unspecified atom stereocenters. The summed E-state index contributed by atoms with van der Waals surface area (Å²) < 4.78 is 1.66. The van der Waals surface area contributed by atoms with Gasteiger partial charge in [-0.25, -0.2) is 4.98 Å². The second-order valence-corrected chi connectivity index (χ2v) is 6.75. The van der Waals surface area contributed by atoms with Gasteiger partial charge >= 0.3 is 0 Å². The third kappa shape index (κ3) is 2.82. The monoisotopic (exact) mass is 310 g/mol. The fourth-order valence-electron chi connectivity index (χ4n) is 1.94. The van der Waals surface area contributed by atoms with E-state index in [0.717, 1.165) is 26.4 Å². The van der Waals surface area contributed by atoms with Gasteiger partial charge in [0.05, 0.1) is 5.39 Å². The lowest BCUT2D eigenvalue weighted by Crippen LogP contribution is -2.22. The Kier molecular flexibility index (Phi) is 5.01. The van der Waals surface area contributed by atoms with Gasteiger partial charge in [0.2, 0.25) is 0 Å². The minimum absolute atomic E-state index is 0.00301. The molecule has 2 rings (SSSR count). The Morgan fingerprint density at radius 1 is 1.50 bits per heavy atom. The zero-order valence-corrected chi connectivity index (χ0v) is 13.3. The average Bonchev–Trinajstić information content (AvgIpc) is 2.70. The first kappa shape index (κ1) is 15.3. The summed E-state index contributed by atoms with van der Waals surface area (Å²) >= 11 is 3.07. The molecule has 2 aromatic rings. The smallest absolute Gasteiger partial charge is 0.263 e. The summed E-state index contributed by atoms with van der Waals surface area (Å²) in [5.41, 5.74) is 1.02. The molecule has 0 aliphatic carbocycles. The summed E-state index contributed by atoms with van der Waals surface area (Å²) in [7, 11) is 0. The molecule has 0 saturated carbocycles. The van der Waals surface area contributed by atoms with Crippen molar-refractivity contribution in [1.82, 2.24) is 9.55 Å². The van der Waals surface area contributed by atoms with Crippen molar-refractivity contribution in [3.8, 4) is 0 Å². The summed E-state index contributed by atoms with van der Waals surface area (Å²) in [4.78, 5) is 19.2. The highest BCUT2D eigenvalue weighted by Crippen LogP contribution is 2.28. The van der Waals surface area contributed by atoms with Crippen LogP contribution in [0, 0.1) is 13.8 Å².